The molecule has 0 aliphatic heterocycles. The minimum absolute atomic E-state index is 0.0881. The van der Waals surface area contributed by atoms with Gasteiger partial charge in [0, 0.05) is 12.5 Å². The van der Waals surface area contributed by atoms with Gasteiger partial charge in [-0.1, -0.05) is 30.3 Å². The number of halogens is 1. The van der Waals surface area contributed by atoms with Crippen LogP contribution in [0.3, 0.4) is 0 Å². The topological polar surface area (TPSA) is 49.0 Å². The number of nitriles is 1. The molecule has 0 saturated carbocycles. The van der Waals surface area contributed by atoms with E-state index in [9.17, 15) is 0 Å². The SMILES string of the molecule is C[C@@H](N[C@H](CCC#N)c1ccccc1)c1ccc(Br)o1. The van der Waals surface area contributed by atoms with Crippen molar-refractivity contribution in [2.24, 2.45) is 0 Å². The van der Waals surface area contributed by atoms with Crippen LogP contribution in [-0.4, -0.2) is 0 Å². The molecular formula is C16H17BrN2O. The van der Waals surface area contributed by atoms with E-state index in [0.717, 1.165) is 16.9 Å². The first kappa shape index (κ1) is 14.8. The van der Waals surface area contributed by atoms with Gasteiger partial charge in [0.1, 0.15) is 5.76 Å². The van der Waals surface area contributed by atoms with Gasteiger partial charge in [-0.25, -0.2) is 0 Å². The number of furan rings is 1. The number of nitrogens with one attached hydrogen (secondary N) is 1. The Morgan fingerprint density at radius 3 is 2.60 bits per heavy atom. The maximum Gasteiger partial charge on any atom is 0.169 e. The molecule has 0 spiro atoms. The summed E-state index contributed by atoms with van der Waals surface area (Å²) >= 11 is 3.32. The molecule has 2 aromatic rings. The summed E-state index contributed by atoms with van der Waals surface area (Å²) in [6, 6.07) is 16.5. The van der Waals surface area contributed by atoms with E-state index in [-0.39, 0.29) is 12.1 Å². The largest absolute Gasteiger partial charge is 0.453 e. The van der Waals surface area contributed by atoms with Crippen LogP contribution in [0.1, 0.15) is 43.2 Å². The second kappa shape index (κ2) is 7.28. The zero-order valence-electron chi connectivity index (χ0n) is 11.3. The Balaban J connectivity index is 2.10. The zero-order chi connectivity index (χ0) is 14.4. The highest BCUT2D eigenvalue weighted by molar-refractivity contribution is 9.10. The molecule has 0 aliphatic rings. The standard InChI is InChI=1S/C16H17BrN2O/c1-12(15-9-10-16(17)20-15)19-14(8-5-11-18)13-6-3-2-4-7-13/h2-4,6-7,9-10,12,14,19H,5,8H2,1H3/t12-,14-/m1/s1. The van der Waals surface area contributed by atoms with Crippen LogP contribution in [0.4, 0.5) is 0 Å². The second-order valence-corrected chi connectivity index (χ2v) is 5.47. The van der Waals surface area contributed by atoms with Gasteiger partial charge in [-0.3, -0.25) is 0 Å². The van der Waals surface area contributed by atoms with Crippen molar-refractivity contribution in [3.63, 3.8) is 0 Å². The summed E-state index contributed by atoms with van der Waals surface area (Å²) in [7, 11) is 0. The Hall–Kier alpha value is -1.57. The molecule has 104 valence electrons. The average molecular weight is 333 g/mol. The number of rotatable bonds is 6. The molecule has 0 aliphatic carbocycles. The van der Waals surface area contributed by atoms with Crippen molar-refractivity contribution in [1.29, 1.82) is 5.26 Å². The molecule has 0 saturated heterocycles. The van der Waals surface area contributed by atoms with E-state index in [1.165, 1.54) is 5.56 Å². The number of hydrogen-bond donors (Lipinski definition) is 1. The van der Waals surface area contributed by atoms with Gasteiger partial charge in [-0.2, -0.15) is 5.26 Å². The normalized spacial score (nSPS) is 13.7. The fraction of sp³-hybridized carbons (Fsp3) is 0.312. The van der Waals surface area contributed by atoms with Crippen LogP contribution in [0, 0.1) is 11.3 Å². The van der Waals surface area contributed by atoms with Gasteiger partial charge >= 0.3 is 0 Å². The molecule has 20 heavy (non-hydrogen) atoms. The summed E-state index contributed by atoms with van der Waals surface area (Å²) < 4.78 is 6.31. The first-order valence-corrected chi connectivity index (χ1v) is 7.43. The maximum absolute atomic E-state index is 8.81. The van der Waals surface area contributed by atoms with E-state index in [1.807, 2.05) is 30.3 Å². The Labute approximate surface area is 127 Å². The molecule has 2 rings (SSSR count). The summed E-state index contributed by atoms with van der Waals surface area (Å²) in [4.78, 5) is 0. The summed E-state index contributed by atoms with van der Waals surface area (Å²) in [6.07, 6.45) is 1.31. The minimum Gasteiger partial charge on any atom is -0.453 e. The van der Waals surface area contributed by atoms with Crippen molar-refractivity contribution in [3.05, 3.63) is 58.5 Å². The quantitative estimate of drug-likeness (QED) is 0.831. The first-order chi connectivity index (χ1) is 9.70. The number of nitrogens with zero attached hydrogens (tertiary/aromatic N) is 1. The van der Waals surface area contributed by atoms with Crippen molar-refractivity contribution < 1.29 is 4.42 Å². The fourth-order valence-corrected chi connectivity index (χ4v) is 2.50. The van der Waals surface area contributed by atoms with Crippen LogP contribution < -0.4 is 5.32 Å². The number of hydrogen-bond acceptors (Lipinski definition) is 3. The smallest absolute Gasteiger partial charge is 0.169 e. The van der Waals surface area contributed by atoms with Crippen LogP contribution >= 0.6 is 15.9 Å². The lowest BCUT2D eigenvalue weighted by Gasteiger charge is -2.22. The van der Waals surface area contributed by atoms with Crippen molar-refractivity contribution in [1.82, 2.24) is 5.32 Å². The molecule has 0 unspecified atom stereocenters. The minimum atomic E-state index is 0.0881. The van der Waals surface area contributed by atoms with Gasteiger partial charge in [0.15, 0.2) is 4.67 Å². The van der Waals surface area contributed by atoms with Gasteiger partial charge in [0.25, 0.3) is 0 Å². The Bertz CT molecular complexity index is 574. The molecule has 0 amide bonds. The van der Waals surface area contributed by atoms with Crippen molar-refractivity contribution in [2.75, 3.05) is 0 Å². The third-order valence-electron chi connectivity index (χ3n) is 3.22. The fourth-order valence-electron chi connectivity index (χ4n) is 2.19. The van der Waals surface area contributed by atoms with Crippen LogP contribution in [0.2, 0.25) is 0 Å². The predicted octanol–water partition coefficient (Wildman–Crippen LogP) is 4.74. The van der Waals surface area contributed by atoms with E-state index in [4.69, 9.17) is 9.68 Å². The summed E-state index contributed by atoms with van der Waals surface area (Å²) in [5.41, 5.74) is 1.19. The van der Waals surface area contributed by atoms with E-state index in [2.05, 4.69) is 46.4 Å². The van der Waals surface area contributed by atoms with Crippen LogP contribution in [0.5, 0.6) is 0 Å². The Morgan fingerprint density at radius 1 is 1.25 bits per heavy atom. The molecule has 1 heterocycles. The van der Waals surface area contributed by atoms with Crippen LogP contribution in [-0.2, 0) is 0 Å². The van der Waals surface area contributed by atoms with E-state index in [0.29, 0.717) is 6.42 Å². The zero-order valence-corrected chi connectivity index (χ0v) is 12.9. The highest BCUT2D eigenvalue weighted by atomic mass is 79.9. The van der Waals surface area contributed by atoms with Gasteiger partial charge in [-0.15, -0.1) is 0 Å². The van der Waals surface area contributed by atoms with Crippen molar-refractivity contribution >= 4 is 15.9 Å². The summed E-state index contributed by atoms with van der Waals surface area (Å²) in [5.74, 6) is 0.884. The highest BCUT2D eigenvalue weighted by Gasteiger charge is 2.17. The van der Waals surface area contributed by atoms with Crippen LogP contribution in [0.15, 0.2) is 51.6 Å². The average Bonchev–Trinajstić information content (AvgIpc) is 2.91. The molecule has 2 atom stereocenters. The predicted molar refractivity (Wildman–Crippen MR) is 82.0 cm³/mol. The Kier molecular flexibility index (Phi) is 5.40. The molecule has 1 aromatic carbocycles. The van der Waals surface area contributed by atoms with Crippen molar-refractivity contribution in [2.45, 2.75) is 31.8 Å². The monoisotopic (exact) mass is 332 g/mol. The molecular weight excluding hydrogens is 316 g/mol. The van der Waals surface area contributed by atoms with Gasteiger partial charge in [0.2, 0.25) is 0 Å². The maximum atomic E-state index is 8.81. The van der Waals surface area contributed by atoms with E-state index in [1.54, 1.807) is 0 Å². The molecule has 0 fully saturated rings. The second-order valence-electron chi connectivity index (χ2n) is 4.69. The highest BCUT2D eigenvalue weighted by Crippen LogP contribution is 2.25. The third kappa shape index (κ3) is 3.96. The van der Waals surface area contributed by atoms with Gasteiger partial charge < -0.3 is 9.73 Å². The summed E-state index contributed by atoms with van der Waals surface area (Å²) in [6.45, 7) is 2.06. The molecule has 4 heteroatoms. The van der Waals surface area contributed by atoms with Crippen molar-refractivity contribution in [3.8, 4) is 6.07 Å². The summed E-state index contributed by atoms with van der Waals surface area (Å²) in [5, 5.41) is 12.3. The Morgan fingerprint density at radius 2 is 2.00 bits per heavy atom. The van der Waals surface area contributed by atoms with E-state index < -0.39 is 0 Å². The molecule has 1 aromatic heterocycles. The van der Waals surface area contributed by atoms with Gasteiger partial charge in [0.05, 0.1) is 12.1 Å². The first-order valence-electron chi connectivity index (χ1n) is 6.64. The molecule has 0 radical (unpaired) electrons. The van der Waals surface area contributed by atoms with Gasteiger partial charge in [-0.05, 0) is 47.0 Å². The lowest BCUT2D eigenvalue weighted by Crippen LogP contribution is -2.24. The lowest BCUT2D eigenvalue weighted by atomic mass is 10.0. The molecule has 1 N–H and O–H groups in total. The number of benzene rings is 1. The molecule has 0 bridgehead atoms. The third-order valence-corrected chi connectivity index (χ3v) is 3.64. The molecule has 3 nitrogen and oxygen atoms in total. The van der Waals surface area contributed by atoms with Crippen LogP contribution in [0.25, 0.3) is 0 Å². The van der Waals surface area contributed by atoms with E-state index >= 15 is 0 Å². The lowest BCUT2D eigenvalue weighted by molar-refractivity contribution is 0.376.